The largest absolute Gasteiger partial charge is 0.508 e. The number of benzene rings is 2. The molecule has 0 aliphatic carbocycles. The predicted octanol–water partition coefficient (Wildman–Crippen LogP) is 8.20. The topological polar surface area (TPSA) is 41.9 Å². The number of hydrogen-bond acceptors (Lipinski definition) is 5. The van der Waals surface area contributed by atoms with E-state index in [-0.39, 0.29) is 17.7 Å². The number of hydrogen-bond donors (Lipinski definition) is 1. The van der Waals surface area contributed by atoms with Gasteiger partial charge in [0.25, 0.3) is 0 Å². The normalized spacial score (nSPS) is 19.8. The van der Waals surface area contributed by atoms with Gasteiger partial charge in [-0.15, -0.1) is 11.8 Å². The first-order valence-corrected chi connectivity index (χ1v) is 14.0. The summed E-state index contributed by atoms with van der Waals surface area (Å²) < 4.78 is 23.6. The third-order valence-electron chi connectivity index (χ3n) is 5.86. The van der Waals surface area contributed by atoms with Crippen LogP contribution in [-0.4, -0.2) is 47.6 Å². The summed E-state index contributed by atoms with van der Waals surface area (Å²) in [5.41, 5.74) is 0. The molecule has 0 bridgehead atoms. The lowest BCUT2D eigenvalue weighted by Gasteiger charge is -2.28. The Kier molecular flexibility index (Phi) is 14.6. The van der Waals surface area contributed by atoms with Crippen LogP contribution in [0.3, 0.4) is 0 Å². The molecular weight excluding hydrogens is 485 g/mol. The molecule has 2 aliphatic rings. The van der Waals surface area contributed by atoms with Gasteiger partial charge >= 0.3 is 0 Å². The Bertz CT molecular complexity index is 987. The molecule has 0 aromatic heterocycles. The number of fused-ring (bicyclic) bond motifs is 1. The minimum Gasteiger partial charge on any atom is -0.508 e. The van der Waals surface area contributed by atoms with E-state index in [1.54, 1.807) is 49.0 Å². The maximum atomic E-state index is 12.3. The first-order valence-electron chi connectivity index (χ1n) is 13.1. The molecule has 2 heterocycles. The van der Waals surface area contributed by atoms with E-state index in [1.807, 2.05) is 50.2 Å². The van der Waals surface area contributed by atoms with Gasteiger partial charge in [-0.05, 0) is 90.0 Å². The zero-order valence-electron chi connectivity index (χ0n) is 22.6. The average Bonchev–Trinajstić information content (AvgIpc) is 2.91. The first-order chi connectivity index (χ1) is 17.9. The maximum Gasteiger partial charge on any atom is 0.137 e. The SMILES string of the molecule is CC1Oc2cc(O)ccc2SC1C.C\C=C/C(F)=C\C=C\C.c1ccc(OCCN2CCCCC2)cc1. The number of rotatable bonds is 6. The summed E-state index contributed by atoms with van der Waals surface area (Å²) in [5, 5.41) is 9.72. The van der Waals surface area contributed by atoms with E-state index in [2.05, 4.69) is 11.8 Å². The van der Waals surface area contributed by atoms with Crippen molar-refractivity contribution in [2.24, 2.45) is 0 Å². The van der Waals surface area contributed by atoms with Gasteiger partial charge in [-0.2, -0.15) is 0 Å². The zero-order valence-corrected chi connectivity index (χ0v) is 23.4. The number of piperidine rings is 1. The Hall–Kier alpha value is -2.70. The minimum absolute atomic E-state index is 0.208. The van der Waals surface area contributed by atoms with Crippen LogP contribution in [0, 0.1) is 0 Å². The molecule has 202 valence electrons. The second-order valence-corrected chi connectivity index (χ2v) is 10.3. The van der Waals surface area contributed by atoms with Crippen molar-refractivity contribution in [1.29, 1.82) is 0 Å². The lowest BCUT2D eigenvalue weighted by Crippen LogP contribution is -2.33. The lowest BCUT2D eigenvalue weighted by molar-refractivity contribution is 0.183. The van der Waals surface area contributed by atoms with Crippen LogP contribution in [0.25, 0.3) is 0 Å². The maximum absolute atomic E-state index is 12.3. The third-order valence-corrected chi connectivity index (χ3v) is 7.20. The summed E-state index contributed by atoms with van der Waals surface area (Å²) in [6, 6.07) is 15.3. The van der Waals surface area contributed by atoms with E-state index in [0.717, 1.165) is 29.5 Å². The highest BCUT2D eigenvalue weighted by Gasteiger charge is 2.23. The van der Waals surface area contributed by atoms with E-state index in [1.165, 1.54) is 44.5 Å². The summed E-state index contributed by atoms with van der Waals surface area (Å²) in [6.45, 7) is 12.2. The van der Waals surface area contributed by atoms with Crippen LogP contribution < -0.4 is 9.47 Å². The first kappa shape index (κ1) is 30.5. The highest BCUT2D eigenvalue weighted by molar-refractivity contribution is 8.00. The standard InChI is InChI=1S/C13H19NO.C10H12O2S.C8H11F/c1-3-7-13(8-4-1)15-12-11-14-9-5-2-6-10-14;1-6-7(2)13-10-4-3-8(11)5-9(10)12-6;1-3-5-7-8(9)6-4-2/h1,3-4,7-8H,2,5-6,9-12H2;3-7,11H,1-2H3;3-7H,1-2H3/b;;5-3+,6-4-,8-7+. The molecule has 1 N–H and O–H groups in total. The number of halogens is 1. The second kappa shape index (κ2) is 17.7. The summed E-state index contributed by atoms with van der Waals surface area (Å²) in [5.74, 6) is 1.84. The Balaban J connectivity index is 0.000000202. The molecule has 2 atom stereocenters. The van der Waals surface area contributed by atoms with Gasteiger partial charge in [0.2, 0.25) is 0 Å². The fourth-order valence-electron chi connectivity index (χ4n) is 3.67. The van der Waals surface area contributed by atoms with Gasteiger partial charge < -0.3 is 14.6 Å². The molecular formula is C31H42FNO3S. The average molecular weight is 528 g/mol. The van der Waals surface area contributed by atoms with Crippen molar-refractivity contribution in [1.82, 2.24) is 4.90 Å². The molecule has 4 rings (SSSR count). The number of aromatic hydroxyl groups is 1. The monoisotopic (exact) mass is 527 g/mol. The number of para-hydroxylation sites is 1. The van der Waals surface area contributed by atoms with Crippen molar-refractivity contribution in [3.63, 3.8) is 0 Å². The minimum atomic E-state index is -0.212. The van der Waals surface area contributed by atoms with Gasteiger partial charge in [-0.3, -0.25) is 4.90 Å². The van der Waals surface area contributed by atoms with Crippen LogP contribution in [0.1, 0.15) is 47.0 Å². The number of phenolic OH excluding ortho intramolecular Hbond substituents is 1. The number of allylic oxidation sites excluding steroid dienone is 6. The highest BCUT2D eigenvalue weighted by atomic mass is 32.2. The van der Waals surface area contributed by atoms with E-state index in [9.17, 15) is 9.50 Å². The Morgan fingerprint density at radius 2 is 1.81 bits per heavy atom. The fraction of sp³-hybridized carbons (Fsp3) is 0.419. The van der Waals surface area contributed by atoms with Crippen LogP contribution in [0.5, 0.6) is 17.2 Å². The van der Waals surface area contributed by atoms with Crippen LogP contribution >= 0.6 is 11.8 Å². The Labute approximate surface area is 226 Å². The van der Waals surface area contributed by atoms with E-state index < -0.39 is 0 Å². The predicted molar refractivity (Wildman–Crippen MR) is 155 cm³/mol. The molecule has 4 nitrogen and oxygen atoms in total. The van der Waals surface area contributed by atoms with Gasteiger partial charge in [0.05, 0.1) is 4.90 Å². The molecule has 2 aliphatic heterocycles. The van der Waals surface area contributed by atoms with Gasteiger partial charge in [-0.1, -0.05) is 42.8 Å². The van der Waals surface area contributed by atoms with E-state index in [4.69, 9.17) is 9.47 Å². The molecule has 0 radical (unpaired) electrons. The quantitative estimate of drug-likeness (QED) is 0.384. The molecule has 37 heavy (non-hydrogen) atoms. The molecule has 2 aromatic carbocycles. The summed E-state index contributed by atoms with van der Waals surface area (Å²) in [7, 11) is 0. The summed E-state index contributed by atoms with van der Waals surface area (Å²) >= 11 is 1.79. The van der Waals surface area contributed by atoms with Crippen molar-refractivity contribution in [2.75, 3.05) is 26.2 Å². The molecule has 6 heteroatoms. The summed E-state index contributed by atoms with van der Waals surface area (Å²) in [6.07, 6.45) is 12.2. The second-order valence-electron chi connectivity index (χ2n) is 8.92. The molecule has 1 saturated heterocycles. The van der Waals surface area contributed by atoms with Crippen molar-refractivity contribution < 1.29 is 19.0 Å². The van der Waals surface area contributed by atoms with Crippen LogP contribution in [-0.2, 0) is 0 Å². The van der Waals surface area contributed by atoms with E-state index >= 15 is 0 Å². The van der Waals surface area contributed by atoms with Crippen LogP contribution in [0.2, 0.25) is 0 Å². The number of likely N-dealkylation sites (tertiary alicyclic amines) is 1. The molecule has 2 unspecified atom stereocenters. The van der Waals surface area contributed by atoms with Crippen molar-refractivity contribution in [2.45, 2.75) is 63.2 Å². The molecule has 1 fully saturated rings. The third kappa shape index (κ3) is 12.4. The summed E-state index contributed by atoms with van der Waals surface area (Å²) in [4.78, 5) is 3.61. The van der Waals surface area contributed by atoms with Crippen molar-refractivity contribution in [3.8, 4) is 17.2 Å². The van der Waals surface area contributed by atoms with E-state index in [0.29, 0.717) is 5.25 Å². The van der Waals surface area contributed by atoms with Crippen molar-refractivity contribution in [3.05, 3.63) is 84.7 Å². The van der Waals surface area contributed by atoms with Crippen LogP contribution in [0.4, 0.5) is 4.39 Å². The smallest absolute Gasteiger partial charge is 0.137 e. The molecule has 2 aromatic rings. The number of ether oxygens (including phenoxy) is 2. The Morgan fingerprint density at radius 1 is 1.08 bits per heavy atom. The lowest BCUT2D eigenvalue weighted by atomic mass is 10.1. The molecule has 0 spiro atoms. The van der Waals surface area contributed by atoms with Gasteiger partial charge in [0.15, 0.2) is 0 Å². The Morgan fingerprint density at radius 3 is 2.49 bits per heavy atom. The molecule has 0 amide bonds. The van der Waals surface area contributed by atoms with Crippen molar-refractivity contribution >= 4 is 11.8 Å². The highest BCUT2D eigenvalue weighted by Crippen LogP contribution is 2.40. The zero-order chi connectivity index (χ0) is 26.9. The van der Waals surface area contributed by atoms with Gasteiger partial charge in [0, 0.05) is 17.9 Å². The molecule has 0 saturated carbocycles. The fourth-order valence-corrected chi connectivity index (χ4v) is 4.69. The number of nitrogens with zero attached hydrogens (tertiary/aromatic N) is 1. The number of thioether (sulfide) groups is 1. The van der Waals surface area contributed by atoms with Gasteiger partial charge in [-0.25, -0.2) is 4.39 Å². The van der Waals surface area contributed by atoms with Gasteiger partial charge in [0.1, 0.15) is 35.8 Å². The number of phenols is 1. The van der Waals surface area contributed by atoms with Crippen LogP contribution in [0.15, 0.2) is 89.6 Å².